The van der Waals surface area contributed by atoms with Gasteiger partial charge in [0.05, 0.1) is 6.20 Å². The van der Waals surface area contributed by atoms with Crippen LogP contribution in [0.3, 0.4) is 0 Å². The Bertz CT molecular complexity index is 448. The molecule has 0 aliphatic carbocycles. The fourth-order valence-electron chi connectivity index (χ4n) is 1.31. The van der Waals surface area contributed by atoms with Crippen molar-refractivity contribution < 1.29 is 4.42 Å². The van der Waals surface area contributed by atoms with E-state index in [0.29, 0.717) is 11.8 Å². The first-order valence-electron chi connectivity index (χ1n) is 4.98. The molecule has 1 aromatic heterocycles. The number of halogens is 1. The number of aromatic nitrogens is 1. The SMILES string of the molecule is CC(C)c1cnc(-c2ccc(N)cc2)o1.Cl. The van der Waals surface area contributed by atoms with Gasteiger partial charge in [-0.05, 0) is 24.3 Å². The zero-order valence-electron chi connectivity index (χ0n) is 9.31. The number of hydrogen-bond donors (Lipinski definition) is 1. The van der Waals surface area contributed by atoms with Gasteiger partial charge in [-0.2, -0.15) is 0 Å². The van der Waals surface area contributed by atoms with Gasteiger partial charge in [0.2, 0.25) is 5.89 Å². The van der Waals surface area contributed by atoms with Crippen molar-refractivity contribution in [3.8, 4) is 11.5 Å². The van der Waals surface area contributed by atoms with Crippen molar-refractivity contribution in [1.82, 2.24) is 4.98 Å². The van der Waals surface area contributed by atoms with E-state index in [1.54, 1.807) is 6.20 Å². The molecule has 0 saturated carbocycles. The maximum atomic E-state index is 5.62. The monoisotopic (exact) mass is 238 g/mol. The Morgan fingerprint density at radius 1 is 1.19 bits per heavy atom. The van der Waals surface area contributed by atoms with Crippen LogP contribution in [0.4, 0.5) is 5.69 Å². The smallest absolute Gasteiger partial charge is 0.226 e. The van der Waals surface area contributed by atoms with Gasteiger partial charge in [-0.15, -0.1) is 12.4 Å². The van der Waals surface area contributed by atoms with Crippen LogP contribution in [0, 0.1) is 0 Å². The Labute approximate surface area is 101 Å². The first-order chi connectivity index (χ1) is 7.16. The summed E-state index contributed by atoms with van der Waals surface area (Å²) in [6.07, 6.45) is 1.77. The Kier molecular flexibility index (Phi) is 3.96. The van der Waals surface area contributed by atoms with Gasteiger partial charge in [0.25, 0.3) is 0 Å². The van der Waals surface area contributed by atoms with E-state index in [9.17, 15) is 0 Å². The largest absolute Gasteiger partial charge is 0.441 e. The van der Waals surface area contributed by atoms with E-state index in [-0.39, 0.29) is 12.4 Å². The van der Waals surface area contributed by atoms with Crippen LogP contribution in [-0.4, -0.2) is 4.98 Å². The molecule has 0 spiro atoms. The molecule has 86 valence electrons. The molecule has 2 rings (SSSR count). The second-order valence-corrected chi connectivity index (χ2v) is 3.84. The summed E-state index contributed by atoms with van der Waals surface area (Å²) in [5.41, 5.74) is 7.31. The van der Waals surface area contributed by atoms with Gasteiger partial charge < -0.3 is 10.2 Å². The van der Waals surface area contributed by atoms with Crippen molar-refractivity contribution >= 4 is 18.1 Å². The highest BCUT2D eigenvalue weighted by Gasteiger charge is 2.08. The first kappa shape index (κ1) is 12.6. The van der Waals surface area contributed by atoms with Crippen LogP contribution in [0.2, 0.25) is 0 Å². The van der Waals surface area contributed by atoms with Gasteiger partial charge in [0.1, 0.15) is 5.76 Å². The Morgan fingerprint density at radius 2 is 1.81 bits per heavy atom. The number of hydrogen-bond acceptors (Lipinski definition) is 3. The zero-order valence-corrected chi connectivity index (χ0v) is 10.1. The summed E-state index contributed by atoms with van der Waals surface area (Å²) >= 11 is 0. The Balaban J connectivity index is 0.00000128. The quantitative estimate of drug-likeness (QED) is 0.815. The number of nitrogen functional groups attached to an aromatic ring is 1. The molecular weight excluding hydrogens is 224 g/mol. The number of anilines is 1. The molecule has 0 fully saturated rings. The highest BCUT2D eigenvalue weighted by atomic mass is 35.5. The second kappa shape index (κ2) is 5.03. The molecule has 16 heavy (non-hydrogen) atoms. The summed E-state index contributed by atoms with van der Waals surface area (Å²) in [5.74, 6) is 1.92. The van der Waals surface area contributed by atoms with E-state index >= 15 is 0 Å². The standard InChI is InChI=1S/C12H14N2O.ClH/c1-8(2)11-7-14-12(15-11)9-3-5-10(13)6-4-9;/h3-8H,13H2,1-2H3;1H. The maximum absolute atomic E-state index is 5.62. The molecule has 1 heterocycles. The van der Waals surface area contributed by atoms with Crippen LogP contribution >= 0.6 is 12.4 Å². The summed E-state index contributed by atoms with van der Waals surface area (Å²) < 4.78 is 5.62. The number of rotatable bonds is 2. The van der Waals surface area contributed by atoms with Gasteiger partial charge in [-0.25, -0.2) is 4.98 Å². The molecule has 3 nitrogen and oxygen atoms in total. The zero-order chi connectivity index (χ0) is 10.8. The maximum Gasteiger partial charge on any atom is 0.226 e. The third kappa shape index (κ3) is 2.55. The van der Waals surface area contributed by atoms with Crippen molar-refractivity contribution in [2.75, 3.05) is 5.73 Å². The molecule has 0 unspecified atom stereocenters. The van der Waals surface area contributed by atoms with Crippen molar-refractivity contribution in [2.45, 2.75) is 19.8 Å². The molecule has 0 saturated heterocycles. The fraction of sp³-hybridized carbons (Fsp3) is 0.250. The van der Waals surface area contributed by atoms with Crippen LogP contribution in [0.25, 0.3) is 11.5 Å². The van der Waals surface area contributed by atoms with Crippen LogP contribution in [0.15, 0.2) is 34.9 Å². The molecule has 0 aliphatic heterocycles. The fourth-order valence-corrected chi connectivity index (χ4v) is 1.31. The predicted octanol–water partition coefficient (Wildman–Crippen LogP) is 3.47. The van der Waals surface area contributed by atoms with E-state index in [0.717, 1.165) is 17.0 Å². The Hall–Kier alpha value is -1.48. The third-order valence-electron chi connectivity index (χ3n) is 2.25. The lowest BCUT2D eigenvalue weighted by molar-refractivity contribution is 0.495. The molecular formula is C12H15ClN2O. The van der Waals surface area contributed by atoms with Crippen LogP contribution < -0.4 is 5.73 Å². The molecule has 2 N–H and O–H groups in total. The van der Waals surface area contributed by atoms with Crippen molar-refractivity contribution in [3.63, 3.8) is 0 Å². The highest BCUT2D eigenvalue weighted by molar-refractivity contribution is 5.85. The molecule has 4 heteroatoms. The number of benzene rings is 1. The van der Waals surface area contributed by atoms with Gasteiger partial charge in [0, 0.05) is 17.2 Å². The normalized spacial score (nSPS) is 10.2. The lowest BCUT2D eigenvalue weighted by Crippen LogP contribution is -1.83. The average Bonchev–Trinajstić information content (AvgIpc) is 2.68. The average molecular weight is 239 g/mol. The summed E-state index contributed by atoms with van der Waals surface area (Å²) in [4.78, 5) is 4.23. The second-order valence-electron chi connectivity index (χ2n) is 3.84. The summed E-state index contributed by atoms with van der Waals surface area (Å²) in [7, 11) is 0. The molecule has 0 atom stereocenters. The van der Waals surface area contributed by atoms with Gasteiger partial charge in [-0.1, -0.05) is 13.8 Å². The number of nitrogens with two attached hydrogens (primary N) is 1. The van der Waals surface area contributed by atoms with Gasteiger partial charge in [0.15, 0.2) is 0 Å². The van der Waals surface area contributed by atoms with Gasteiger partial charge in [-0.3, -0.25) is 0 Å². The van der Waals surface area contributed by atoms with Gasteiger partial charge >= 0.3 is 0 Å². The van der Waals surface area contributed by atoms with Crippen LogP contribution in [0.1, 0.15) is 25.5 Å². The van der Waals surface area contributed by atoms with Crippen molar-refractivity contribution in [3.05, 3.63) is 36.2 Å². The van der Waals surface area contributed by atoms with E-state index in [4.69, 9.17) is 10.2 Å². The molecule has 0 amide bonds. The van der Waals surface area contributed by atoms with Crippen molar-refractivity contribution in [2.24, 2.45) is 0 Å². The third-order valence-corrected chi connectivity index (χ3v) is 2.25. The molecule has 1 aromatic carbocycles. The summed E-state index contributed by atoms with van der Waals surface area (Å²) in [5, 5.41) is 0. The summed E-state index contributed by atoms with van der Waals surface area (Å²) in [6, 6.07) is 7.50. The minimum absolute atomic E-state index is 0. The summed E-state index contributed by atoms with van der Waals surface area (Å²) in [6.45, 7) is 4.15. The van der Waals surface area contributed by atoms with E-state index in [2.05, 4.69) is 18.8 Å². The molecule has 0 radical (unpaired) electrons. The van der Waals surface area contributed by atoms with E-state index < -0.39 is 0 Å². The Morgan fingerprint density at radius 3 is 2.31 bits per heavy atom. The lowest BCUT2D eigenvalue weighted by atomic mass is 10.2. The highest BCUT2D eigenvalue weighted by Crippen LogP contribution is 2.23. The topological polar surface area (TPSA) is 52.0 Å². The molecule has 0 aliphatic rings. The predicted molar refractivity (Wildman–Crippen MR) is 67.7 cm³/mol. The van der Waals surface area contributed by atoms with Crippen LogP contribution in [-0.2, 0) is 0 Å². The molecule has 0 bridgehead atoms. The molecule has 2 aromatic rings. The minimum Gasteiger partial charge on any atom is -0.441 e. The minimum atomic E-state index is 0. The number of nitrogens with zero attached hydrogens (tertiary/aromatic N) is 1. The van der Waals surface area contributed by atoms with E-state index in [1.165, 1.54) is 0 Å². The van der Waals surface area contributed by atoms with Crippen LogP contribution in [0.5, 0.6) is 0 Å². The lowest BCUT2D eigenvalue weighted by Gasteiger charge is -1.98. The van der Waals surface area contributed by atoms with Crippen molar-refractivity contribution in [1.29, 1.82) is 0 Å². The van der Waals surface area contributed by atoms with E-state index in [1.807, 2.05) is 24.3 Å². The first-order valence-corrected chi connectivity index (χ1v) is 4.98. The number of oxazole rings is 1.